The molecule has 3 saturated heterocycles. The van der Waals surface area contributed by atoms with Crippen LogP contribution >= 0.6 is 0 Å². The van der Waals surface area contributed by atoms with E-state index in [9.17, 15) is 0 Å². The maximum atomic E-state index is 4.04. The third-order valence-electron chi connectivity index (χ3n) is 40.6. The molecule has 3 aliphatic heterocycles. The molecule has 20 rings (SSSR count). The normalized spacial score (nSPS) is 51.9. The minimum absolute atomic E-state index is 0.456. The molecular formula is C96H158BN3. The topological polar surface area (TPSA) is 9.72 Å². The van der Waals surface area contributed by atoms with E-state index in [1.165, 1.54) is 0 Å². The van der Waals surface area contributed by atoms with Crippen molar-refractivity contribution in [2.45, 2.75) is 459 Å². The molecule has 4 heteroatoms. The highest BCUT2D eigenvalue weighted by molar-refractivity contribution is 6.65. The van der Waals surface area contributed by atoms with Crippen molar-refractivity contribution in [1.82, 2.24) is 14.7 Å². The Labute approximate surface area is 617 Å². The Bertz CT molecular complexity index is 2610. The van der Waals surface area contributed by atoms with Gasteiger partial charge in [-0.05, 0) is 300 Å². The van der Waals surface area contributed by atoms with E-state index in [1.807, 2.05) is 0 Å². The summed E-state index contributed by atoms with van der Waals surface area (Å²) in [6.07, 6.45) is 90.9. The molecule has 100 heavy (non-hydrogen) atoms. The van der Waals surface area contributed by atoms with Crippen LogP contribution in [0.3, 0.4) is 0 Å². The molecular weight excluding hydrogens is 1210 g/mol. The summed E-state index contributed by atoms with van der Waals surface area (Å²) in [5, 5.41) is 0. The Kier molecular flexibility index (Phi) is 20.3. The lowest BCUT2D eigenvalue weighted by Crippen LogP contribution is -2.77. The summed E-state index contributed by atoms with van der Waals surface area (Å²) in [7, 11) is 0. The number of hydrogen-bond donors (Lipinski definition) is 0. The first-order valence-corrected chi connectivity index (χ1v) is 48.6. The molecule has 0 amide bonds. The zero-order chi connectivity index (χ0) is 66.3. The van der Waals surface area contributed by atoms with Crippen LogP contribution in [0.1, 0.15) is 387 Å². The van der Waals surface area contributed by atoms with E-state index in [-0.39, 0.29) is 0 Å². The second kappa shape index (κ2) is 29.3. The Morgan fingerprint density at radius 3 is 1.11 bits per heavy atom. The van der Waals surface area contributed by atoms with Gasteiger partial charge in [-0.3, -0.25) is 14.7 Å². The number of likely N-dealkylation sites (tertiary alicyclic amines) is 1. The van der Waals surface area contributed by atoms with Crippen LogP contribution in [0.15, 0.2) is 0 Å². The predicted octanol–water partition coefficient (Wildman–Crippen LogP) is 25.5. The maximum Gasteiger partial charge on any atom is 0.156 e. The average Bonchev–Trinajstić information content (AvgIpc) is 0.754. The highest BCUT2D eigenvalue weighted by atomic mass is 15.3. The largest absolute Gasteiger partial charge is 0.295 e. The molecule has 17 saturated carbocycles. The van der Waals surface area contributed by atoms with Crippen molar-refractivity contribution < 1.29 is 0 Å². The first-order chi connectivity index (χ1) is 49.3. The Morgan fingerprint density at radius 2 is 0.600 bits per heavy atom. The van der Waals surface area contributed by atoms with E-state index in [0.717, 1.165) is 215 Å². The Balaban J connectivity index is 0.760. The zero-order valence-electron chi connectivity index (χ0n) is 65.9. The summed E-state index contributed by atoms with van der Waals surface area (Å²) in [4.78, 5) is 11.6. The molecule has 0 radical (unpaired) electrons. The molecule has 0 aromatic heterocycles. The van der Waals surface area contributed by atoms with E-state index in [0.29, 0.717) is 5.41 Å². The minimum atomic E-state index is 0.456. The molecule has 27 unspecified atom stereocenters. The Morgan fingerprint density at radius 1 is 0.220 bits per heavy atom. The number of rotatable bonds is 9. The van der Waals surface area contributed by atoms with Crippen molar-refractivity contribution in [2.24, 2.45) is 142 Å². The van der Waals surface area contributed by atoms with Crippen LogP contribution in [0.5, 0.6) is 0 Å². The molecule has 17 aliphatic carbocycles. The molecule has 0 N–H and O–H groups in total. The Hall–Kier alpha value is -0.0551. The van der Waals surface area contributed by atoms with Crippen LogP contribution < -0.4 is 0 Å². The van der Waals surface area contributed by atoms with Gasteiger partial charge >= 0.3 is 0 Å². The van der Waals surface area contributed by atoms with Crippen LogP contribution in [-0.4, -0.2) is 75.8 Å². The van der Waals surface area contributed by atoms with Gasteiger partial charge in [-0.2, -0.15) is 0 Å². The number of hydrogen-bond acceptors (Lipinski definition) is 3. The third kappa shape index (κ3) is 12.2. The highest BCUT2D eigenvalue weighted by Gasteiger charge is 2.70. The fourth-order valence-electron chi connectivity index (χ4n) is 37.6. The monoisotopic (exact) mass is 1360 g/mol. The van der Waals surface area contributed by atoms with Crippen LogP contribution in [0, 0.1) is 142 Å². The van der Waals surface area contributed by atoms with Crippen molar-refractivity contribution in [3.63, 3.8) is 0 Å². The molecule has 0 bridgehead atoms. The van der Waals surface area contributed by atoms with E-state index in [4.69, 9.17) is 0 Å². The molecule has 27 atom stereocenters. The fourth-order valence-corrected chi connectivity index (χ4v) is 37.6. The second-order valence-electron chi connectivity index (χ2n) is 44.7. The van der Waals surface area contributed by atoms with Gasteiger partial charge in [0.25, 0.3) is 0 Å². The summed E-state index contributed by atoms with van der Waals surface area (Å²) in [5.74, 6) is 26.8. The SMILES string of the molecule is CC(C)(C)C1CCC(C2CC3C4B(C5CCC(C6CCC7CCCC8C9CCCC%10CCCC(C%109)C6C78)CC5N3C3C(C5CCCCC5)CCCC3C3CCCCC3)C3CCC(N5C6CCCCC6C6CCCCC65)CC3N(C3C(C5CCCCC5)CCCC3C3CCCCC3)C4C2)CC1. The predicted molar refractivity (Wildman–Crippen MR) is 420 cm³/mol. The standard InChI is InChI=1S/C96H158BN3/c1-96(2,3)70-51-47-61(48-52-70)69-58-88-93-89(59-69)100(95-75(64-29-12-6-13-30-64)40-24-41-76(95)65-31-14-7-15-32-65)87-60-71(98-84-45-18-16-36-77(84)78-37-17-19-46-85(78)98)53-56-83(87)97(93)82-55-50-68(72-54-49-67-35-21-43-80-79-42-20-33-66-34-22-44-81(90(66)79)92(72)91(67)80)57-86(82)99(88)94-73(62-25-8-4-9-26-62)38-23-39-74(94)63-27-10-5-11-28-63/h61-95H,4-60H2,1-3H3. The van der Waals surface area contributed by atoms with Gasteiger partial charge in [0, 0.05) is 54.4 Å². The summed E-state index contributed by atoms with van der Waals surface area (Å²) in [6.45, 7) is 8.98. The van der Waals surface area contributed by atoms with Crippen LogP contribution in [0.2, 0.25) is 17.5 Å². The number of nitrogens with zero attached hydrogens (tertiary/aromatic N) is 3. The summed E-state index contributed by atoms with van der Waals surface area (Å²) in [6, 6.07) is 7.97. The average molecular weight is 1370 g/mol. The summed E-state index contributed by atoms with van der Waals surface area (Å²) >= 11 is 0. The van der Waals surface area contributed by atoms with Crippen LogP contribution in [-0.2, 0) is 0 Å². The van der Waals surface area contributed by atoms with E-state index < -0.39 is 0 Å². The first-order valence-electron chi connectivity index (χ1n) is 48.6. The third-order valence-corrected chi connectivity index (χ3v) is 40.6. The highest BCUT2D eigenvalue weighted by Crippen LogP contribution is 2.72. The van der Waals surface area contributed by atoms with E-state index >= 15 is 0 Å². The zero-order valence-corrected chi connectivity index (χ0v) is 65.9. The summed E-state index contributed by atoms with van der Waals surface area (Å²) in [5.41, 5.74) is 0.456. The molecule has 20 fully saturated rings. The maximum absolute atomic E-state index is 4.04. The van der Waals surface area contributed by atoms with Crippen molar-refractivity contribution >= 4 is 6.71 Å². The van der Waals surface area contributed by atoms with E-state index in [2.05, 4.69) is 35.5 Å². The van der Waals surface area contributed by atoms with Gasteiger partial charge in [-0.15, -0.1) is 0 Å². The van der Waals surface area contributed by atoms with E-state index in [1.54, 1.807) is 366 Å². The van der Waals surface area contributed by atoms with Gasteiger partial charge < -0.3 is 0 Å². The molecule has 3 heterocycles. The fraction of sp³-hybridized carbons (Fsp3) is 1.00. The molecule has 0 spiro atoms. The van der Waals surface area contributed by atoms with Crippen LogP contribution in [0.4, 0.5) is 0 Å². The second-order valence-corrected chi connectivity index (χ2v) is 44.7. The molecule has 560 valence electrons. The molecule has 0 aromatic carbocycles. The lowest BCUT2D eigenvalue weighted by Gasteiger charge is -2.72. The quantitative estimate of drug-likeness (QED) is 0.213. The van der Waals surface area contributed by atoms with Gasteiger partial charge in [0.05, 0.1) is 0 Å². The molecule has 20 aliphatic rings. The van der Waals surface area contributed by atoms with Crippen molar-refractivity contribution in [3.8, 4) is 0 Å². The lowest BCUT2D eigenvalue weighted by molar-refractivity contribution is -0.170. The van der Waals surface area contributed by atoms with Crippen molar-refractivity contribution in [2.75, 3.05) is 0 Å². The first kappa shape index (κ1) is 69.2. The summed E-state index contributed by atoms with van der Waals surface area (Å²) < 4.78 is 0. The number of fused-ring (bicyclic) bond motifs is 9. The smallest absolute Gasteiger partial charge is 0.156 e. The van der Waals surface area contributed by atoms with Gasteiger partial charge in [0.15, 0.2) is 6.71 Å². The van der Waals surface area contributed by atoms with Gasteiger partial charge in [-0.1, -0.05) is 245 Å². The van der Waals surface area contributed by atoms with Crippen LogP contribution in [0.25, 0.3) is 0 Å². The van der Waals surface area contributed by atoms with Gasteiger partial charge in [-0.25, -0.2) is 0 Å². The van der Waals surface area contributed by atoms with Crippen molar-refractivity contribution in [3.05, 3.63) is 0 Å². The van der Waals surface area contributed by atoms with Gasteiger partial charge in [0.2, 0.25) is 0 Å². The van der Waals surface area contributed by atoms with Crippen molar-refractivity contribution in [1.29, 1.82) is 0 Å². The lowest BCUT2D eigenvalue weighted by atomic mass is 9.18. The molecule has 0 aromatic rings. The molecule has 3 nitrogen and oxygen atoms in total. The minimum Gasteiger partial charge on any atom is -0.295 e. The van der Waals surface area contributed by atoms with Gasteiger partial charge in [0.1, 0.15) is 0 Å².